The lowest BCUT2D eigenvalue weighted by Crippen LogP contribution is -2.57. The van der Waals surface area contributed by atoms with Gasteiger partial charge in [0.2, 0.25) is 35.4 Å². The van der Waals surface area contributed by atoms with Crippen LogP contribution in [0, 0.1) is 0 Å². The first-order chi connectivity index (χ1) is 30.5. The molecule has 0 aromatic rings. The van der Waals surface area contributed by atoms with Crippen molar-refractivity contribution in [2.45, 2.75) is 101 Å². The van der Waals surface area contributed by atoms with Crippen molar-refractivity contribution in [1.29, 1.82) is 0 Å². The summed E-state index contributed by atoms with van der Waals surface area (Å²) in [7, 11) is 0. The van der Waals surface area contributed by atoms with E-state index in [0.29, 0.717) is 22.6 Å². The Balaban J connectivity index is 2.03. The predicted octanol–water partition coefficient (Wildman–Crippen LogP) is -7.39. The molecule has 0 aromatic heterocycles. The number of hydrogen-bond donors (Lipinski definition) is 14. The molecule has 2 heterocycles. The zero-order valence-electron chi connectivity index (χ0n) is 35.3. The molecule has 0 radical (unpaired) electrons. The molecule has 2 rings (SSSR count). The lowest BCUT2D eigenvalue weighted by molar-refractivity contribution is -0.141. The summed E-state index contributed by atoms with van der Waals surface area (Å²) in [5.41, 5.74) is 26.3. The third-order valence-corrected chi connectivity index (χ3v) is 9.41. The topological polar surface area (TPSA) is 491 Å². The summed E-state index contributed by atoms with van der Waals surface area (Å²) < 4.78 is 0. The molecular weight excluding hydrogens is 868 g/mol. The van der Waals surface area contributed by atoms with Gasteiger partial charge in [-0.05, 0) is 51.9 Å². The fourth-order valence-corrected chi connectivity index (χ4v) is 6.12. The lowest BCUT2D eigenvalue weighted by atomic mass is 10.1. The molecule has 2 fully saturated rings. The van der Waals surface area contributed by atoms with E-state index in [2.05, 4.69) is 47.2 Å². The molecule has 0 spiro atoms. The monoisotopic (exact) mass is 924 g/mol. The van der Waals surface area contributed by atoms with E-state index < -0.39 is 133 Å². The number of unbranched alkanes of at least 4 members (excludes halogenated alkanes) is 1. The van der Waals surface area contributed by atoms with Crippen LogP contribution in [0.5, 0.6) is 0 Å². The van der Waals surface area contributed by atoms with Crippen LogP contribution in [0.1, 0.15) is 64.7 Å². The molecule has 65 heavy (non-hydrogen) atoms. The normalized spacial score (nSPS) is 17.3. The number of carboxylic acid groups (broad SMARTS) is 2. The molecule has 19 N–H and O–H groups in total. The number of primary amides is 1. The summed E-state index contributed by atoms with van der Waals surface area (Å²) in [6, 6.07) is -10.0. The highest BCUT2D eigenvalue weighted by Gasteiger charge is 2.40. The molecule has 30 nitrogen and oxygen atoms in total. The second kappa shape index (κ2) is 26.0. The van der Waals surface area contributed by atoms with Crippen LogP contribution in [0.15, 0.2) is 9.98 Å². The van der Waals surface area contributed by atoms with E-state index in [1.165, 1.54) is 6.92 Å². The van der Waals surface area contributed by atoms with Crippen LogP contribution in [0.25, 0.3) is 0 Å². The molecule has 0 bridgehead atoms. The van der Waals surface area contributed by atoms with Crippen molar-refractivity contribution in [3.8, 4) is 0 Å². The number of hydrogen-bond acceptors (Lipinski definition) is 14. The maximum Gasteiger partial charge on any atom is 0.325 e. The average Bonchev–Trinajstić information content (AvgIpc) is 3.62. The standard InChI is InChI=1S/C35H56N16O14/c1-16(26(36)58)44-28(60)17(47-29(61)21(13-25(56)57)46-23(53)15-51-31(63)19(49-35(51)65)8-5-11-43-33(39)40)6-2-3-9-41-27(59)20(12-24(54)55)45-22(52)14-50-30(62)18(48-34(50)64)7-4-10-42-32(37)38/h16-21H,2-15H2,1H3,(H2,36,58)(H,41,59)(H,44,60)(H,45,52)(H,46,53)(H,47,61)(H,48,64)(H,49,65)(H,54,55)(H,56,57)(H4,37,38,42)(H4,39,40,43)/t16-,17-,18-,19-,20-,21-/m0/s1. The quantitative estimate of drug-likeness (QED) is 0.0143. The van der Waals surface area contributed by atoms with Gasteiger partial charge in [0.25, 0.3) is 11.8 Å². The van der Waals surface area contributed by atoms with E-state index in [1.807, 2.05) is 0 Å². The minimum atomic E-state index is -1.85. The number of imide groups is 2. The SMILES string of the molecule is C[C@H](NC(=O)[C@H](CCCCNC(=O)[C@H](CC(=O)O)NC(=O)CN1C(=O)N[C@@H](CCCN=C(N)N)C1=O)NC(=O)[C@H](CC(=O)O)NC(=O)CN1C(=O)N[C@@H](CCCN=C(N)N)C1=O)C(N)=O. The van der Waals surface area contributed by atoms with Gasteiger partial charge in [-0.1, -0.05) is 0 Å². The zero-order valence-corrected chi connectivity index (χ0v) is 35.3. The van der Waals surface area contributed by atoms with Crippen molar-refractivity contribution in [1.82, 2.24) is 47.0 Å². The fourth-order valence-electron chi connectivity index (χ4n) is 6.12. The van der Waals surface area contributed by atoms with E-state index in [1.54, 1.807) is 0 Å². The number of carbonyl (C=O) groups is 12. The number of nitrogens with one attached hydrogen (secondary N) is 7. The molecule has 30 heteroatoms. The number of carbonyl (C=O) groups excluding carboxylic acids is 10. The number of carboxylic acids is 2. The number of amides is 12. The Bertz CT molecular complexity index is 1900. The minimum absolute atomic E-state index is 0.0219. The number of nitrogens with two attached hydrogens (primary N) is 5. The van der Waals surface area contributed by atoms with Crippen molar-refractivity contribution in [3.05, 3.63) is 0 Å². The maximum atomic E-state index is 13.4. The Hall–Kier alpha value is -7.82. The largest absolute Gasteiger partial charge is 0.481 e. The maximum absolute atomic E-state index is 13.4. The Morgan fingerprint density at radius 2 is 1.05 bits per heavy atom. The molecule has 0 aromatic carbocycles. The van der Waals surface area contributed by atoms with E-state index in [-0.39, 0.29) is 63.7 Å². The summed E-state index contributed by atoms with van der Waals surface area (Å²) in [6.45, 7) is -0.346. The van der Waals surface area contributed by atoms with E-state index >= 15 is 0 Å². The smallest absolute Gasteiger partial charge is 0.325 e. The number of aliphatic carboxylic acids is 2. The van der Waals surface area contributed by atoms with Gasteiger partial charge < -0.3 is 76.1 Å². The zero-order chi connectivity index (χ0) is 49.0. The summed E-state index contributed by atoms with van der Waals surface area (Å²) in [5.74, 6) is -11.1. The molecule has 12 amide bonds. The number of aliphatic imine (C=N–C) groups is 2. The van der Waals surface area contributed by atoms with Gasteiger partial charge in [0.15, 0.2) is 11.9 Å². The van der Waals surface area contributed by atoms with Gasteiger partial charge in [0.05, 0.1) is 12.8 Å². The van der Waals surface area contributed by atoms with Gasteiger partial charge in [0.1, 0.15) is 49.3 Å². The minimum Gasteiger partial charge on any atom is -0.481 e. The molecule has 2 aliphatic rings. The van der Waals surface area contributed by atoms with Gasteiger partial charge in [-0.25, -0.2) is 9.59 Å². The van der Waals surface area contributed by atoms with Crippen molar-refractivity contribution in [2.24, 2.45) is 38.7 Å². The molecule has 0 unspecified atom stereocenters. The van der Waals surface area contributed by atoms with Gasteiger partial charge >= 0.3 is 24.0 Å². The highest BCUT2D eigenvalue weighted by atomic mass is 16.4. The third kappa shape index (κ3) is 18.6. The third-order valence-electron chi connectivity index (χ3n) is 9.41. The molecular formula is C35H56N16O14. The van der Waals surface area contributed by atoms with E-state index in [0.717, 1.165) is 0 Å². The first-order valence-electron chi connectivity index (χ1n) is 20.0. The Morgan fingerprint density at radius 1 is 0.615 bits per heavy atom. The molecule has 6 atom stereocenters. The highest BCUT2D eigenvalue weighted by molar-refractivity contribution is 6.08. The number of urea groups is 2. The van der Waals surface area contributed by atoms with Crippen molar-refractivity contribution in [2.75, 3.05) is 32.7 Å². The van der Waals surface area contributed by atoms with Gasteiger partial charge in [-0.15, -0.1) is 0 Å². The summed E-state index contributed by atoms with van der Waals surface area (Å²) in [4.78, 5) is 159. The summed E-state index contributed by atoms with van der Waals surface area (Å²) >= 11 is 0. The molecule has 0 aliphatic carbocycles. The Kier molecular flexibility index (Phi) is 21.3. The average molecular weight is 925 g/mol. The van der Waals surface area contributed by atoms with E-state index in [4.69, 9.17) is 28.7 Å². The first kappa shape index (κ1) is 53.3. The second-order valence-electron chi connectivity index (χ2n) is 14.7. The highest BCUT2D eigenvalue weighted by Crippen LogP contribution is 2.13. The molecule has 2 aliphatic heterocycles. The number of guanidine groups is 2. The lowest BCUT2D eigenvalue weighted by Gasteiger charge is -2.24. The van der Waals surface area contributed by atoms with Crippen LogP contribution in [0.3, 0.4) is 0 Å². The van der Waals surface area contributed by atoms with Gasteiger partial charge in [0, 0.05) is 19.6 Å². The van der Waals surface area contributed by atoms with Crippen molar-refractivity contribution >= 4 is 83.2 Å². The Labute approximate surface area is 370 Å². The Morgan fingerprint density at radius 3 is 1.46 bits per heavy atom. The van der Waals surface area contributed by atoms with Crippen molar-refractivity contribution < 1.29 is 67.7 Å². The van der Waals surface area contributed by atoms with Crippen LogP contribution in [0.4, 0.5) is 9.59 Å². The van der Waals surface area contributed by atoms with Crippen molar-refractivity contribution in [3.63, 3.8) is 0 Å². The summed E-state index contributed by atoms with van der Waals surface area (Å²) in [5, 5.41) is 35.0. The van der Waals surface area contributed by atoms with Crippen LogP contribution in [-0.2, 0) is 47.9 Å². The van der Waals surface area contributed by atoms with E-state index in [9.17, 15) is 67.7 Å². The number of nitrogens with zero attached hydrogens (tertiary/aromatic N) is 4. The first-order valence-corrected chi connectivity index (χ1v) is 20.0. The van der Waals surface area contributed by atoms with Crippen LogP contribution in [-0.4, -0.2) is 172 Å². The molecule has 2 saturated heterocycles. The van der Waals surface area contributed by atoms with Gasteiger partial charge in [-0.3, -0.25) is 67.7 Å². The molecule has 0 saturated carbocycles. The fraction of sp³-hybridized carbons (Fsp3) is 0.600. The van der Waals surface area contributed by atoms with Crippen LogP contribution >= 0.6 is 0 Å². The number of rotatable bonds is 29. The van der Waals surface area contributed by atoms with Crippen LogP contribution < -0.4 is 65.9 Å². The molecule has 360 valence electrons. The predicted molar refractivity (Wildman–Crippen MR) is 222 cm³/mol. The van der Waals surface area contributed by atoms with Gasteiger partial charge in [-0.2, -0.15) is 0 Å². The second-order valence-corrected chi connectivity index (χ2v) is 14.7. The summed E-state index contributed by atoms with van der Waals surface area (Å²) in [6.07, 6.45) is -1.18. The van der Waals surface area contributed by atoms with Crippen LogP contribution in [0.2, 0.25) is 0 Å².